The predicted octanol–water partition coefficient (Wildman–Crippen LogP) is 4.05. The second-order valence-electron chi connectivity index (χ2n) is 4.50. The molecule has 0 aliphatic heterocycles. The number of hydrogen-bond donors (Lipinski definition) is 2. The van der Waals surface area contributed by atoms with Crippen molar-refractivity contribution in [3.63, 3.8) is 0 Å². The summed E-state index contributed by atoms with van der Waals surface area (Å²) < 4.78 is 0.910. The van der Waals surface area contributed by atoms with E-state index in [1.807, 2.05) is 0 Å². The molecule has 1 rings (SSSR count). The Kier molecular flexibility index (Phi) is 7.01. The van der Waals surface area contributed by atoms with E-state index in [9.17, 15) is 0 Å². The van der Waals surface area contributed by atoms with Crippen LogP contribution < -0.4 is 10.6 Å². The zero-order valence-corrected chi connectivity index (χ0v) is 13.0. The van der Waals surface area contributed by atoms with Gasteiger partial charge in [-0.2, -0.15) is 4.98 Å². The zero-order valence-electron chi connectivity index (χ0n) is 11.5. The van der Waals surface area contributed by atoms with Gasteiger partial charge in [-0.25, -0.2) is 4.98 Å². The van der Waals surface area contributed by atoms with E-state index in [2.05, 4.69) is 57.3 Å². The molecular weight excluding hydrogens is 292 g/mol. The number of rotatable bonds is 8. The molecule has 1 heterocycles. The van der Waals surface area contributed by atoms with Crippen LogP contribution in [0.2, 0.25) is 0 Å². The maximum atomic E-state index is 4.48. The van der Waals surface area contributed by atoms with E-state index in [1.54, 1.807) is 6.20 Å². The molecule has 0 aliphatic carbocycles. The van der Waals surface area contributed by atoms with Gasteiger partial charge in [-0.1, -0.05) is 26.7 Å². The van der Waals surface area contributed by atoms with Crippen LogP contribution in [0.15, 0.2) is 10.7 Å². The lowest BCUT2D eigenvalue weighted by molar-refractivity contribution is 0.642. The molecular formula is C13H23BrN4. The fourth-order valence-electron chi connectivity index (χ4n) is 1.61. The molecule has 1 atom stereocenters. The lowest BCUT2D eigenvalue weighted by Crippen LogP contribution is -2.17. The molecule has 0 saturated heterocycles. The van der Waals surface area contributed by atoms with Gasteiger partial charge in [-0.3, -0.25) is 0 Å². The molecule has 0 aromatic carbocycles. The van der Waals surface area contributed by atoms with Crippen molar-refractivity contribution in [2.45, 2.75) is 52.5 Å². The van der Waals surface area contributed by atoms with Gasteiger partial charge in [0.25, 0.3) is 0 Å². The Morgan fingerprint density at radius 2 is 2.11 bits per heavy atom. The lowest BCUT2D eigenvalue weighted by atomic mass is 10.1. The van der Waals surface area contributed by atoms with Crippen LogP contribution in [0.3, 0.4) is 0 Å². The molecule has 0 aliphatic rings. The molecule has 1 aromatic rings. The van der Waals surface area contributed by atoms with Gasteiger partial charge in [0.1, 0.15) is 5.82 Å². The normalized spacial score (nSPS) is 12.2. The third kappa shape index (κ3) is 5.21. The Labute approximate surface area is 118 Å². The van der Waals surface area contributed by atoms with Crippen LogP contribution in [-0.4, -0.2) is 22.6 Å². The summed E-state index contributed by atoms with van der Waals surface area (Å²) in [7, 11) is 0. The van der Waals surface area contributed by atoms with Crippen LogP contribution in [0, 0.1) is 0 Å². The molecule has 0 bridgehead atoms. The summed E-state index contributed by atoms with van der Waals surface area (Å²) in [6, 6.07) is 0.426. The number of anilines is 2. The first-order valence-corrected chi connectivity index (χ1v) is 7.49. The average Bonchev–Trinajstić information content (AvgIpc) is 2.37. The molecule has 0 amide bonds. The first-order valence-electron chi connectivity index (χ1n) is 6.70. The van der Waals surface area contributed by atoms with Crippen molar-refractivity contribution in [3.05, 3.63) is 10.7 Å². The fraction of sp³-hybridized carbons (Fsp3) is 0.692. The van der Waals surface area contributed by atoms with E-state index in [0.717, 1.165) is 29.7 Å². The summed E-state index contributed by atoms with van der Waals surface area (Å²) in [5, 5.41) is 6.62. The number of hydrogen-bond acceptors (Lipinski definition) is 4. The molecule has 0 spiro atoms. The Balaban J connectivity index is 2.62. The van der Waals surface area contributed by atoms with E-state index in [-0.39, 0.29) is 0 Å². The number of unbranched alkanes of at least 4 members (excludes halogenated alkanes) is 1. The van der Waals surface area contributed by atoms with Gasteiger partial charge in [0.05, 0.1) is 4.47 Å². The van der Waals surface area contributed by atoms with Crippen molar-refractivity contribution < 1.29 is 0 Å². The molecule has 4 nitrogen and oxygen atoms in total. The SMILES string of the molecule is CCCCC(C)Nc1nc(NCCC)ncc1Br. The first kappa shape index (κ1) is 15.2. The number of nitrogens with zero attached hydrogens (tertiary/aromatic N) is 2. The highest BCUT2D eigenvalue weighted by molar-refractivity contribution is 9.10. The van der Waals surface area contributed by atoms with Gasteiger partial charge in [0.15, 0.2) is 0 Å². The van der Waals surface area contributed by atoms with E-state index < -0.39 is 0 Å². The van der Waals surface area contributed by atoms with Gasteiger partial charge < -0.3 is 10.6 Å². The van der Waals surface area contributed by atoms with Gasteiger partial charge in [-0.05, 0) is 35.7 Å². The van der Waals surface area contributed by atoms with E-state index >= 15 is 0 Å². The molecule has 2 N–H and O–H groups in total. The van der Waals surface area contributed by atoms with Crippen molar-refractivity contribution >= 4 is 27.7 Å². The van der Waals surface area contributed by atoms with Crippen molar-refractivity contribution in [1.82, 2.24) is 9.97 Å². The third-order valence-corrected chi connectivity index (χ3v) is 3.23. The van der Waals surface area contributed by atoms with Crippen molar-refractivity contribution in [2.75, 3.05) is 17.2 Å². The summed E-state index contributed by atoms with van der Waals surface area (Å²) in [6.45, 7) is 7.41. The van der Waals surface area contributed by atoms with Gasteiger partial charge in [-0.15, -0.1) is 0 Å². The molecule has 1 unspecified atom stereocenters. The Morgan fingerprint density at radius 1 is 1.33 bits per heavy atom. The summed E-state index contributed by atoms with van der Waals surface area (Å²) >= 11 is 3.48. The minimum atomic E-state index is 0.426. The van der Waals surface area contributed by atoms with Gasteiger partial charge >= 0.3 is 0 Å². The second kappa shape index (κ2) is 8.29. The number of aromatic nitrogens is 2. The van der Waals surface area contributed by atoms with E-state index in [1.165, 1.54) is 12.8 Å². The highest BCUT2D eigenvalue weighted by Crippen LogP contribution is 2.21. The van der Waals surface area contributed by atoms with Crippen LogP contribution in [0.5, 0.6) is 0 Å². The maximum absolute atomic E-state index is 4.48. The van der Waals surface area contributed by atoms with Crippen LogP contribution >= 0.6 is 15.9 Å². The lowest BCUT2D eigenvalue weighted by Gasteiger charge is -2.15. The highest BCUT2D eigenvalue weighted by Gasteiger charge is 2.08. The molecule has 0 radical (unpaired) electrons. The van der Waals surface area contributed by atoms with Crippen molar-refractivity contribution in [2.24, 2.45) is 0 Å². The largest absolute Gasteiger partial charge is 0.367 e. The highest BCUT2D eigenvalue weighted by atomic mass is 79.9. The summed E-state index contributed by atoms with van der Waals surface area (Å²) in [6.07, 6.45) is 6.47. The van der Waals surface area contributed by atoms with Crippen molar-refractivity contribution in [3.8, 4) is 0 Å². The predicted molar refractivity (Wildman–Crippen MR) is 81.1 cm³/mol. The Bertz CT molecular complexity index is 357. The average molecular weight is 315 g/mol. The molecule has 5 heteroatoms. The third-order valence-electron chi connectivity index (χ3n) is 2.65. The fourth-order valence-corrected chi connectivity index (χ4v) is 1.91. The minimum Gasteiger partial charge on any atom is -0.367 e. The van der Waals surface area contributed by atoms with Gasteiger partial charge in [0.2, 0.25) is 5.95 Å². The van der Waals surface area contributed by atoms with E-state index in [0.29, 0.717) is 12.0 Å². The van der Waals surface area contributed by atoms with Crippen LogP contribution in [0.25, 0.3) is 0 Å². The molecule has 102 valence electrons. The Morgan fingerprint density at radius 3 is 2.78 bits per heavy atom. The minimum absolute atomic E-state index is 0.426. The summed E-state index contributed by atoms with van der Waals surface area (Å²) in [4.78, 5) is 8.71. The maximum Gasteiger partial charge on any atom is 0.224 e. The van der Waals surface area contributed by atoms with E-state index in [4.69, 9.17) is 0 Å². The summed E-state index contributed by atoms with van der Waals surface area (Å²) in [5.74, 6) is 1.55. The number of nitrogens with one attached hydrogen (secondary N) is 2. The van der Waals surface area contributed by atoms with Gasteiger partial charge in [0, 0.05) is 18.8 Å². The second-order valence-corrected chi connectivity index (χ2v) is 5.36. The standard InChI is InChI=1S/C13H23BrN4/c1-4-6-7-10(3)17-12-11(14)9-16-13(18-12)15-8-5-2/h9-10H,4-8H2,1-3H3,(H2,15,16,17,18). The van der Waals surface area contributed by atoms with Crippen LogP contribution in [0.4, 0.5) is 11.8 Å². The Hall–Kier alpha value is -0.840. The number of halogens is 1. The molecule has 0 fully saturated rings. The van der Waals surface area contributed by atoms with Crippen LogP contribution in [-0.2, 0) is 0 Å². The quantitative estimate of drug-likeness (QED) is 0.760. The first-order chi connectivity index (χ1) is 8.67. The van der Waals surface area contributed by atoms with Crippen molar-refractivity contribution in [1.29, 1.82) is 0 Å². The molecule has 18 heavy (non-hydrogen) atoms. The zero-order chi connectivity index (χ0) is 13.4. The smallest absolute Gasteiger partial charge is 0.224 e. The topological polar surface area (TPSA) is 49.8 Å². The molecule has 0 saturated carbocycles. The van der Waals surface area contributed by atoms with Crippen LogP contribution in [0.1, 0.15) is 46.5 Å². The monoisotopic (exact) mass is 314 g/mol. The molecule has 1 aromatic heterocycles. The summed E-state index contributed by atoms with van der Waals surface area (Å²) in [5.41, 5.74) is 0.